The van der Waals surface area contributed by atoms with E-state index in [4.69, 9.17) is 11.6 Å². The Balaban J connectivity index is 2.62. The summed E-state index contributed by atoms with van der Waals surface area (Å²) in [6.45, 7) is 7.09. The topological polar surface area (TPSA) is 40.6 Å². The number of carbonyl (C=O) groups excluding carboxylic acids is 2. The van der Waals surface area contributed by atoms with E-state index in [9.17, 15) is 40.3 Å². The third kappa shape index (κ3) is 6.72. The van der Waals surface area contributed by atoms with E-state index in [1.54, 1.807) is 26.0 Å². The number of rotatable bonds is 9. The molecule has 2 aromatic carbocycles. The first-order valence-electron chi connectivity index (χ1n) is 12.0. The summed E-state index contributed by atoms with van der Waals surface area (Å²) in [4.78, 5) is 28.3. The molecular weight excluding hydrogens is 664 g/mol. The van der Waals surface area contributed by atoms with Crippen LogP contribution in [0, 0.1) is 5.82 Å². The highest BCUT2D eigenvalue weighted by Crippen LogP contribution is 2.54. The van der Waals surface area contributed by atoms with Crippen LogP contribution in [0.2, 0.25) is 5.02 Å². The van der Waals surface area contributed by atoms with Gasteiger partial charge in [-0.25, -0.2) is 8.78 Å². The van der Waals surface area contributed by atoms with Crippen molar-refractivity contribution in [1.29, 1.82) is 0 Å². The maximum atomic E-state index is 15.8. The second-order valence-corrected chi connectivity index (χ2v) is 10.0. The average molecular weight is 688 g/mol. The number of hydrogen-bond acceptors (Lipinski definition) is 2. The highest BCUT2D eigenvalue weighted by Gasteiger charge is 2.73. The van der Waals surface area contributed by atoms with Crippen LogP contribution in [0.5, 0.6) is 0 Å². The molecule has 0 aliphatic rings. The molecule has 2 amide bonds. The number of hydrogen-bond donors (Lipinski definition) is 0. The van der Waals surface area contributed by atoms with Crippen molar-refractivity contribution in [1.82, 2.24) is 0 Å². The monoisotopic (exact) mass is 686 g/mol. The van der Waals surface area contributed by atoms with Crippen LogP contribution < -0.4 is 9.80 Å². The maximum Gasteiger partial charge on any atom is 0.435 e. The minimum absolute atomic E-state index is 0.0481. The smallest absolute Gasteiger partial charge is 0.309 e. The van der Waals surface area contributed by atoms with Crippen LogP contribution in [-0.2, 0) is 10.5 Å². The fourth-order valence-corrected chi connectivity index (χ4v) is 5.07. The van der Waals surface area contributed by atoms with Gasteiger partial charge >= 0.3 is 18.0 Å². The second kappa shape index (κ2) is 13.4. The van der Waals surface area contributed by atoms with Crippen molar-refractivity contribution in [3.05, 3.63) is 93.2 Å². The molecule has 0 N–H and O–H groups in total. The Morgan fingerprint density at radius 3 is 2.14 bits per heavy atom. The first kappa shape index (κ1) is 35.0. The standard InChI is InChI=1S/C28H24BrClF8N2O2/c1-5-8-10-16(7-3)24(41)40(13-6-2)21-12-9-11-18(22(21)31)25(42)39(4)23-19(29)14-17(15-20(23)30)26(32,27(33,34)35)28(36,37)38/h5,7-12,14-15H,3,6,13H2,1-2,4H3/b8-5-,16-10+. The molecule has 0 saturated heterocycles. The fraction of sp³-hybridized carbons (Fsp3) is 0.286. The van der Waals surface area contributed by atoms with E-state index in [2.05, 4.69) is 22.5 Å². The zero-order chi connectivity index (χ0) is 32.2. The lowest BCUT2D eigenvalue weighted by atomic mass is 9.94. The van der Waals surface area contributed by atoms with Gasteiger partial charge in [-0.05, 0) is 59.6 Å². The minimum atomic E-state index is -6.39. The Kier molecular flexibility index (Phi) is 11.2. The van der Waals surface area contributed by atoms with Gasteiger partial charge in [-0.15, -0.1) is 0 Å². The van der Waals surface area contributed by atoms with E-state index in [1.165, 1.54) is 24.3 Å². The van der Waals surface area contributed by atoms with E-state index in [-0.39, 0.29) is 29.9 Å². The van der Waals surface area contributed by atoms with Crippen molar-refractivity contribution in [2.45, 2.75) is 38.3 Å². The van der Waals surface area contributed by atoms with E-state index in [1.807, 2.05) is 0 Å². The predicted octanol–water partition coefficient (Wildman–Crippen LogP) is 9.24. The third-order valence-electron chi connectivity index (χ3n) is 5.96. The second-order valence-electron chi connectivity index (χ2n) is 8.75. The molecule has 0 heterocycles. The van der Waals surface area contributed by atoms with Crippen LogP contribution in [0.25, 0.3) is 0 Å². The van der Waals surface area contributed by atoms with Gasteiger partial charge in [0, 0.05) is 29.2 Å². The molecule has 2 rings (SSSR count). The van der Waals surface area contributed by atoms with Gasteiger partial charge < -0.3 is 9.80 Å². The molecule has 4 nitrogen and oxygen atoms in total. The van der Waals surface area contributed by atoms with Crippen molar-refractivity contribution in [2.75, 3.05) is 23.4 Å². The summed E-state index contributed by atoms with van der Waals surface area (Å²) in [5.74, 6) is -2.88. The summed E-state index contributed by atoms with van der Waals surface area (Å²) in [6, 6.07) is 3.88. The van der Waals surface area contributed by atoms with E-state index in [0.717, 1.165) is 18.0 Å². The number of anilines is 2. The maximum absolute atomic E-state index is 15.8. The summed E-state index contributed by atoms with van der Waals surface area (Å²) < 4.78 is 109. The third-order valence-corrected chi connectivity index (χ3v) is 6.86. The zero-order valence-electron chi connectivity index (χ0n) is 22.3. The van der Waals surface area contributed by atoms with Gasteiger partial charge in [0.05, 0.1) is 22.0 Å². The van der Waals surface area contributed by atoms with Crippen LogP contribution in [0.1, 0.15) is 36.2 Å². The van der Waals surface area contributed by atoms with Gasteiger partial charge in [-0.2, -0.15) is 26.3 Å². The lowest BCUT2D eigenvalue weighted by Crippen LogP contribution is -2.50. The van der Waals surface area contributed by atoms with Crippen LogP contribution in [-0.4, -0.2) is 37.8 Å². The van der Waals surface area contributed by atoms with Crippen molar-refractivity contribution >= 4 is 50.7 Å². The van der Waals surface area contributed by atoms with Crippen molar-refractivity contribution < 1.29 is 44.7 Å². The number of amides is 2. The quantitative estimate of drug-likeness (QED) is 0.150. The molecule has 0 aromatic heterocycles. The molecule has 0 aliphatic carbocycles. The largest absolute Gasteiger partial charge is 0.435 e. The molecule has 0 bridgehead atoms. The minimum Gasteiger partial charge on any atom is -0.309 e. The Hall–Kier alpha value is -3.19. The van der Waals surface area contributed by atoms with Gasteiger partial charge in [0.1, 0.15) is 0 Å². The number of benzene rings is 2. The number of alkyl halides is 7. The summed E-state index contributed by atoms with van der Waals surface area (Å²) >= 11 is 8.73. The van der Waals surface area contributed by atoms with Gasteiger partial charge in [-0.3, -0.25) is 9.59 Å². The molecule has 0 fully saturated rings. The molecule has 0 spiro atoms. The summed E-state index contributed by atoms with van der Waals surface area (Å²) in [5, 5.41) is -0.866. The van der Waals surface area contributed by atoms with Gasteiger partial charge in [0.25, 0.3) is 11.8 Å². The molecule has 228 valence electrons. The van der Waals surface area contributed by atoms with Crippen LogP contribution in [0.4, 0.5) is 46.5 Å². The molecule has 0 aliphatic heterocycles. The Bertz CT molecular complexity index is 1380. The molecule has 0 radical (unpaired) electrons. The van der Waals surface area contributed by atoms with Crippen molar-refractivity contribution in [2.24, 2.45) is 0 Å². The predicted molar refractivity (Wildman–Crippen MR) is 149 cm³/mol. The molecule has 0 unspecified atom stereocenters. The molecule has 2 aromatic rings. The normalized spacial score (nSPS) is 12.9. The van der Waals surface area contributed by atoms with Crippen LogP contribution in [0.15, 0.2) is 71.3 Å². The first-order valence-corrected chi connectivity index (χ1v) is 13.2. The molecular formula is C28H24BrClF8N2O2. The number of carbonyl (C=O) groups is 2. The van der Waals surface area contributed by atoms with Crippen molar-refractivity contribution in [3.63, 3.8) is 0 Å². The molecule has 0 atom stereocenters. The summed E-state index contributed by atoms with van der Waals surface area (Å²) in [7, 11) is 1.03. The molecule has 14 heteroatoms. The molecule has 0 saturated carbocycles. The van der Waals surface area contributed by atoms with Crippen LogP contribution >= 0.6 is 27.5 Å². The van der Waals surface area contributed by atoms with E-state index >= 15 is 4.39 Å². The van der Waals surface area contributed by atoms with Gasteiger partial charge in [0.15, 0.2) is 5.82 Å². The highest BCUT2D eigenvalue weighted by atomic mass is 79.9. The average Bonchev–Trinajstić information content (AvgIpc) is 2.89. The fourth-order valence-electron chi connectivity index (χ4n) is 3.89. The van der Waals surface area contributed by atoms with Gasteiger partial charge in [-0.1, -0.05) is 49.4 Å². The summed E-state index contributed by atoms with van der Waals surface area (Å²) in [5.41, 5.74) is -8.85. The number of allylic oxidation sites excluding steroid dienone is 3. The highest BCUT2D eigenvalue weighted by molar-refractivity contribution is 9.10. The van der Waals surface area contributed by atoms with Crippen molar-refractivity contribution in [3.8, 4) is 0 Å². The van der Waals surface area contributed by atoms with E-state index in [0.29, 0.717) is 11.3 Å². The lowest BCUT2D eigenvalue weighted by Gasteiger charge is -2.31. The summed E-state index contributed by atoms with van der Waals surface area (Å²) in [6.07, 6.45) is -6.41. The number of nitrogens with zero attached hydrogens (tertiary/aromatic N) is 2. The SMILES string of the molecule is C=C/C(=C\C=C/C)C(=O)N(CCC)c1cccc(C(=O)N(C)c2c(Cl)cc(C(F)(C(F)(F)F)C(F)(F)F)cc2Br)c1F. The van der Waals surface area contributed by atoms with Crippen LogP contribution in [0.3, 0.4) is 0 Å². The van der Waals surface area contributed by atoms with Gasteiger partial charge in [0.2, 0.25) is 0 Å². The zero-order valence-corrected chi connectivity index (χ0v) is 24.6. The van der Waals surface area contributed by atoms with E-state index < -0.39 is 62.0 Å². The Morgan fingerprint density at radius 2 is 1.67 bits per heavy atom. The Labute approximate surface area is 250 Å². The number of halogens is 10. The first-order chi connectivity index (χ1) is 19.4. The molecule has 42 heavy (non-hydrogen) atoms. The lowest BCUT2D eigenvalue weighted by molar-refractivity contribution is -0.348. The Morgan fingerprint density at radius 1 is 1.07 bits per heavy atom.